The first-order valence-electron chi connectivity index (χ1n) is 5.43. The Balaban J connectivity index is 1.92. The lowest BCUT2D eigenvalue weighted by atomic mass is 10.0. The van der Waals surface area contributed by atoms with Crippen LogP contribution in [-0.4, -0.2) is 29.0 Å². The topological polar surface area (TPSA) is 46.3 Å². The molecule has 0 saturated carbocycles. The van der Waals surface area contributed by atoms with Crippen LogP contribution in [-0.2, 0) is 4.79 Å². The van der Waals surface area contributed by atoms with Gasteiger partial charge in [0.15, 0.2) is 0 Å². The van der Waals surface area contributed by atoms with E-state index in [4.69, 9.17) is 5.73 Å². The van der Waals surface area contributed by atoms with Gasteiger partial charge in [0.2, 0.25) is 5.91 Å². The first-order valence-corrected chi connectivity index (χ1v) is 6.59. The number of carbonyl (C=O) groups excluding carboxylic acids is 1. The van der Waals surface area contributed by atoms with Gasteiger partial charge in [0, 0.05) is 24.8 Å². The Bertz CT molecular complexity index is 349. The zero-order chi connectivity index (χ0) is 11.4. The van der Waals surface area contributed by atoms with Crippen LogP contribution in [0.3, 0.4) is 0 Å². The number of thioether (sulfide) groups is 1. The van der Waals surface area contributed by atoms with Gasteiger partial charge >= 0.3 is 0 Å². The van der Waals surface area contributed by atoms with Crippen LogP contribution >= 0.6 is 11.8 Å². The van der Waals surface area contributed by atoms with E-state index in [0.717, 1.165) is 23.7 Å². The lowest BCUT2D eigenvalue weighted by Crippen LogP contribution is -2.30. The molecular weight excluding hydrogens is 220 g/mol. The highest BCUT2D eigenvalue weighted by molar-refractivity contribution is 7.99. The summed E-state index contributed by atoms with van der Waals surface area (Å²) in [7, 11) is 0. The van der Waals surface area contributed by atoms with Crippen LogP contribution in [0.25, 0.3) is 0 Å². The Labute approximate surface area is 100.0 Å². The molecule has 2 N–H and O–H groups in total. The van der Waals surface area contributed by atoms with Gasteiger partial charge in [-0.15, -0.1) is 11.8 Å². The highest BCUT2D eigenvalue weighted by atomic mass is 32.2. The van der Waals surface area contributed by atoms with Crippen LogP contribution in [0.1, 0.15) is 18.0 Å². The van der Waals surface area contributed by atoms with Gasteiger partial charge in [-0.3, -0.25) is 4.79 Å². The minimum absolute atomic E-state index is 0.168. The number of nitrogens with two attached hydrogens (primary N) is 1. The molecule has 4 heteroatoms. The molecule has 86 valence electrons. The van der Waals surface area contributed by atoms with E-state index in [9.17, 15) is 4.79 Å². The maximum atomic E-state index is 11.9. The van der Waals surface area contributed by atoms with E-state index in [-0.39, 0.29) is 11.9 Å². The fourth-order valence-corrected chi connectivity index (χ4v) is 2.72. The van der Waals surface area contributed by atoms with Crippen LogP contribution in [0.15, 0.2) is 30.3 Å². The number of carbonyl (C=O) groups is 1. The van der Waals surface area contributed by atoms with Gasteiger partial charge in [0.25, 0.3) is 0 Å². The van der Waals surface area contributed by atoms with Gasteiger partial charge in [-0.05, 0) is 5.56 Å². The molecule has 16 heavy (non-hydrogen) atoms. The standard InChI is InChI=1S/C12H16N2OS/c13-11(10-4-2-1-3-5-10)8-12(15)14-6-7-16-9-14/h1-5,11H,6-9,13H2/t11-/m0/s1. The molecule has 1 fully saturated rings. The summed E-state index contributed by atoms with van der Waals surface area (Å²) in [6, 6.07) is 9.61. The molecule has 1 amide bonds. The normalized spacial score (nSPS) is 17.4. The molecule has 0 unspecified atom stereocenters. The molecule has 0 bridgehead atoms. The minimum atomic E-state index is -0.181. The van der Waals surface area contributed by atoms with Crippen molar-refractivity contribution in [3.05, 3.63) is 35.9 Å². The fraction of sp³-hybridized carbons (Fsp3) is 0.417. The van der Waals surface area contributed by atoms with Gasteiger partial charge in [-0.2, -0.15) is 0 Å². The maximum Gasteiger partial charge on any atom is 0.225 e. The fourth-order valence-electron chi connectivity index (χ4n) is 1.75. The van der Waals surface area contributed by atoms with Crippen molar-refractivity contribution in [3.8, 4) is 0 Å². The van der Waals surface area contributed by atoms with Crippen molar-refractivity contribution < 1.29 is 4.79 Å². The highest BCUT2D eigenvalue weighted by Gasteiger charge is 2.20. The number of nitrogens with zero attached hydrogens (tertiary/aromatic N) is 1. The largest absolute Gasteiger partial charge is 0.333 e. The van der Waals surface area contributed by atoms with Crippen molar-refractivity contribution in [1.82, 2.24) is 4.90 Å². The van der Waals surface area contributed by atoms with E-state index >= 15 is 0 Å². The van der Waals surface area contributed by atoms with E-state index in [1.807, 2.05) is 35.2 Å². The zero-order valence-electron chi connectivity index (χ0n) is 9.13. The molecule has 0 radical (unpaired) electrons. The number of amides is 1. The molecule has 1 aromatic carbocycles. The molecule has 0 spiro atoms. The Morgan fingerprint density at radius 3 is 2.81 bits per heavy atom. The van der Waals surface area contributed by atoms with Crippen LogP contribution in [0.2, 0.25) is 0 Å². The number of hydrogen-bond acceptors (Lipinski definition) is 3. The number of benzene rings is 1. The van der Waals surface area contributed by atoms with Crippen LogP contribution in [0.5, 0.6) is 0 Å². The van der Waals surface area contributed by atoms with E-state index < -0.39 is 0 Å². The molecule has 0 aromatic heterocycles. The highest BCUT2D eigenvalue weighted by Crippen LogP contribution is 2.19. The molecule has 2 rings (SSSR count). The van der Waals surface area contributed by atoms with Gasteiger partial charge in [0.05, 0.1) is 5.88 Å². The summed E-state index contributed by atoms with van der Waals surface area (Å²) in [6.45, 7) is 0.866. The summed E-state index contributed by atoms with van der Waals surface area (Å²) in [5.74, 6) is 2.04. The van der Waals surface area contributed by atoms with Crippen molar-refractivity contribution in [1.29, 1.82) is 0 Å². The third kappa shape index (κ3) is 2.77. The van der Waals surface area contributed by atoms with Crippen LogP contribution in [0, 0.1) is 0 Å². The molecule has 1 aliphatic heterocycles. The molecule has 0 aliphatic carbocycles. The molecule has 1 atom stereocenters. The summed E-state index contributed by atoms with van der Waals surface area (Å²) < 4.78 is 0. The average Bonchev–Trinajstić information content (AvgIpc) is 2.83. The van der Waals surface area contributed by atoms with Crippen molar-refractivity contribution >= 4 is 17.7 Å². The number of hydrogen-bond donors (Lipinski definition) is 1. The Hall–Kier alpha value is -1.00. The minimum Gasteiger partial charge on any atom is -0.333 e. The second-order valence-electron chi connectivity index (χ2n) is 3.92. The molecule has 1 aromatic rings. The Morgan fingerprint density at radius 1 is 1.44 bits per heavy atom. The van der Waals surface area contributed by atoms with Gasteiger partial charge in [-0.1, -0.05) is 30.3 Å². The average molecular weight is 236 g/mol. The summed E-state index contributed by atoms with van der Waals surface area (Å²) in [5, 5.41) is 0. The molecule has 3 nitrogen and oxygen atoms in total. The predicted molar refractivity (Wildman–Crippen MR) is 67.0 cm³/mol. The second-order valence-corrected chi connectivity index (χ2v) is 4.99. The van der Waals surface area contributed by atoms with Crippen LogP contribution in [0.4, 0.5) is 0 Å². The zero-order valence-corrected chi connectivity index (χ0v) is 9.95. The third-order valence-corrected chi connectivity index (χ3v) is 3.69. The lowest BCUT2D eigenvalue weighted by molar-refractivity contribution is -0.130. The Morgan fingerprint density at radius 2 is 2.19 bits per heavy atom. The summed E-state index contributed by atoms with van der Waals surface area (Å²) >= 11 is 1.80. The lowest BCUT2D eigenvalue weighted by Gasteiger charge is -2.17. The Kier molecular flexibility index (Phi) is 3.85. The summed E-state index contributed by atoms with van der Waals surface area (Å²) in [5.41, 5.74) is 7.04. The van der Waals surface area contributed by atoms with Crippen molar-refractivity contribution in [2.45, 2.75) is 12.5 Å². The summed E-state index contributed by atoms with van der Waals surface area (Å²) in [6.07, 6.45) is 0.407. The molecule has 1 aliphatic rings. The SMILES string of the molecule is N[C@@H](CC(=O)N1CCSC1)c1ccccc1. The first kappa shape index (κ1) is 11.5. The third-order valence-electron chi connectivity index (χ3n) is 2.73. The smallest absolute Gasteiger partial charge is 0.225 e. The van der Waals surface area contributed by atoms with E-state index in [2.05, 4.69) is 0 Å². The predicted octanol–water partition coefficient (Wildman–Crippen LogP) is 1.61. The second kappa shape index (κ2) is 5.37. The van der Waals surface area contributed by atoms with E-state index in [1.54, 1.807) is 11.8 Å². The summed E-state index contributed by atoms with van der Waals surface area (Å²) in [4.78, 5) is 13.7. The molecular formula is C12H16N2OS. The van der Waals surface area contributed by atoms with Gasteiger partial charge < -0.3 is 10.6 Å². The maximum absolute atomic E-state index is 11.9. The van der Waals surface area contributed by atoms with Crippen molar-refractivity contribution in [2.75, 3.05) is 18.2 Å². The van der Waals surface area contributed by atoms with Gasteiger partial charge in [-0.25, -0.2) is 0 Å². The monoisotopic (exact) mass is 236 g/mol. The molecule has 1 saturated heterocycles. The molecule has 1 heterocycles. The quantitative estimate of drug-likeness (QED) is 0.867. The van der Waals surface area contributed by atoms with Gasteiger partial charge in [0.1, 0.15) is 0 Å². The van der Waals surface area contributed by atoms with E-state index in [0.29, 0.717) is 6.42 Å². The first-order chi connectivity index (χ1) is 7.77. The van der Waals surface area contributed by atoms with Crippen molar-refractivity contribution in [3.63, 3.8) is 0 Å². The van der Waals surface area contributed by atoms with E-state index in [1.165, 1.54) is 0 Å². The van der Waals surface area contributed by atoms with Crippen LogP contribution < -0.4 is 5.73 Å². The number of rotatable bonds is 3. The van der Waals surface area contributed by atoms with Crippen molar-refractivity contribution in [2.24, 2.45) is 5.73 Å².